The molecule has 0 aliphatic carbocycles. The molecule has 0 aliphatic heterocycles. The van der Waals surface area contributed by atoms with E-state index in [0.717, 1.165) is 17.1 Å². The molecule has 2 aromatic rings. The molecule has 0 unspecified atom stereocenters. The van der Waals surface area contributed by atoms with Crippen molar-refractivity contribution in [3.63, 3.8) is 0 Å². The van der Waals surface area contributed by atoms with Gasteiger partial charge in [-0.15, -0.1) is 5.10 Å². The average molecular weight is 265 g/mol. The molecule has 1 N–H and O–H groups in total. The molecule has 0 bridgehead atoms. The quantitative estimate of drug-likeness (QED) is 0.889. The minimum atomic E-state index is 0.220. The summed E-state index contributed by atoms with van der Waals surface area (Å²) in [7, 11) is 3.47. The van der Waals surface area contributed by atoms with Gasteiger partial charge < -0.3 is 14.5 Å². The van der Waals surface area contributed by atoms with Crippen LogP contribution in [0.25, 0.3) is 0 Å². The molecule has 7 heteroatoms. The summed E-state index contributed by atoms with van der Waals surface area (Å²) < 4.78 is 12.5. The van der Waals surface area contributed by atoms with Crippen LogP contribution in [0.15, 0.2) is 4.42 Å². The topological polar surface area (TPSA) is 78.0 Å². The van der Waals surface area contributed by atoms with Crippen LogP contribution in [0.3, 0.4) is 0 Å². The van der Waals surface area contributed by atoms with Crippen molar-refractivity contribution >= 4 is 6.01 Å². The van der Waals surface area contributed by atoms with Crippen LogP contribution in [0.1, 0.15) is 36.9 Å². The van der Waals surface area contributed by atoms with Gasteiger partial charge in [-0.1, -0.05) is 18.9 Å². The fraction of sp³-hybridized carbons (Fsp3) is 0.583. The lowest BCUT2D eigenvalue weighted by Gasteiger charge is -2.05. The van der Waals surface area contributed by atoms with Gasteiger partial charge in [0.05, 0.1) is 24.9 Å². The lowest BCUT2D eigenvalue weighted by Crippen LogP contribution is -2.03. The zero-order valence-electron chi connectivity index (χ0n) is 11.9. The van der Waals surface area contributed by atoms with E-state index in [1.54, 1.807) is 11.8 Å². The number of nitrogens with one attached hydrogen (secondary N) is 1. The molecule has 0 spiro atoms. The minimum Gasteiger partial charge on any atom is -0.481 e. The van der Waals surface area contributed by atoms with E-state index in [0.29, 0.717) is 18.5 Å². The van der Waals surface area contributed by atoms with Crippen LogP contribution in [0.4, 0.5) is 6.01 Å². The predicted molar refractivity (Wildman–Crippen MR) is 70.2 cm³/mol. The van der Waals surface area contributed by atoms with Crippen molar-refractivity contribution in [2.45, 2.75) is 33.2 Å². The lowest BCUT2D eigenvalue weighted by atomic mass is 10.2. The molecule has 0 saturated heterocycles. The normalized spacial score (nSPS) is 11.1. The molecule has 0 aromatic carbocycles. The summed E-state index contributed by atoms with van der Waals surface area (Å²) in [4.78, 5) is 0. The third kappa shape index (κ3) is 2.69. The second-order valence-corrected chi connectivity index (χ2v) is 4.65. The van der Waals surface area contributed by atoms with Gasteiger partial charge in [0.2, 0.25) is 11.8 Å². The Morgan fingerprint density at radius 2 is 2.11 bits per heavy atom. The van der Waals surface area contributed by atoms with E-state index in [9.17, 15) is 0 Å². The largest absolute Gasteiger partial charge is 0.481 e. The number of aromatic nitrogens is 4. The summed E-state index contributed by atoms with van der Waals surface area (Å²) in [5.41, 5.74) is 1.89. The molecule has 104 valence electrons. The number of methoxy groups -OCH3 is 1. The highest BCUT2D eigenvalue weighted by Crippen LogP contribution is 2.22. The van der Waals surface area contributed by atoms with Gasteiger partial charge in [0.15, 0.2) is 0 Å². The number of ether oxygens (including phenoxy) is 1. The van der Waals surface area contributed by atoms with Gasteiger partial charge in [-0.2, -0.15) is 5.10 Å². The summed E-state index contributed by atoms with van der Waals surface area (Å²) in [5.74, 6) is 1.57. The van der Waals surface area contributed by atoms with Crippen LogP contribution in [-0.2, 0) is 13.6 Å². The Hall–Kier alpha value is -2.05. The van der Waals surface area contributed by atoms with Gasteiger partial charge in [0, 0.05) is 13.0 Å². The van der Waals surface area contributed by atoms with E-state index in [-0.39, 0.29) is 5.92 Å². The highest BCUT2D eigenvalue weighted by molar-refractivity contribution is 5.34. The van der Waals surface area contributed by atoms with Gasteiger partial charge in [0.1, 0.15) is 0 Å². The number of rotatable bonds is 5. The van der Waals surface area contributed by atoms with Crippen LogP contribution < -0.4 is 10.1 Å². The second-order valence-electron chi connectivity index (χ2n) is 4.65. The van der Waals surface area contributed by atoms with Crippen molar-refractivity contribution < 1.29 is 9.15 Å². The maximum absolute atomic E-state index is 5.49. The van der Waals surface area contributed by atoms with Gasteiger partial charge in [-0.05, 0) is 6.92 Å². The minimum absolute atomic E-state index is 0.220. The average Bonchev–Trinajstić information content (AvgIpc) is 2.91. The molecule has 2 aromatic heterocycles. The van der Waals surface area contributed by atoms with Gasteiger partial charge in [0.25, 0.3) is 0 Å². The number of aryl methyl sites for hydroxylation is 2. The van der Waals surface area contributed by atoms with E-state index in [1.807, 2.05) is 27.8 Å². The van der Waals surface area contributed by atoms with Crippen LogP contribution >= 0.6 is 0 Å². The Balaban J connectivity index is 2.09. The molecule has 0 saturated carbocycles. The molecule has 2 heterocycles. The van der Waals surface area contributed by atoms with E-state index in [2.05, 4.69) is 20.6 Å². The number of anilines is 1. The van der Waals surface area contributed by atoms with Crippen molar-refractivity contribution in [3.8, 4) is 5.88 Å². The third-order valence-electron chi connectivity index (χ3n) is 2.83. The third-order valence-corrected chi connectivity index (χ3v) is 2.83. The van der Waals surface area contributed by atoms with Crippen molar-refractivity contribution in [1.29, 1.82) is 0 Å². The monoisotopic (exact) mass is 265 g/mol. The van der Waals surface area contributed by atoms with Crippen LogP contribution in [-0.4, -0.2) is 27.1 Å². The number of hydrogen-bond donors (Lipinski definition) is 1. The fourth-order valence-corrected chi connectivity index (χ4v) is 1.84. The maximum atomic E-state index is 5.49. The summed E-state index contributed by atoms with van der Waals surface area (Å²) in [6.07, 6.45) is 0. The molecule has 7 nitrogen and oxygen atoms in total. The highest BCUT2D eigenvalue weighted by Gasteiger charge is 2.15. The summed E-state index contributed by atoms with van der Waals surface area (Å²) in [6, 6.07) is 0.411. The molecule has 19 heavy (non-hydrogen) atoms. The van der Waals surface area contributed by atoms with E-state index in [1.165, 1.54) is 0 Å². The van der Waals surface area contributed by atoms with Crippen LogP contribution in [0.5, 0.6) is 5.88 Å². The van der Waals surface area contributed by atoms with Gasteiger partial charge >= 0.3 is 6.01 Å². The van der Waals surface area contributed by atoms with E-state index in [4.69, 9.17) is 9.15 Å². The zero-order valence-corrected chi connectivity index (χ0v) is 11.9. The number of hydrogen-bond acceptors (Lipinski definition) is 6. The fourth-order valence-electron chi connectivity index (χ4n) is 1.84. The Morgan fingerprint density at radius 1 is 1.37 bits per heavy atom. The zero-order chi connectivity index (χ0) is 14.0. The van der Waals surface area contributed by atoms with Crippen molar-refractivity contribution in [2.75, 3.05) is 12.4 Å². The van der Waals surface area contributed by atoms with Gasteiger partial charge in [-0.25, -0.2) is 4.68 Å². The van der Waals surface area contributed by atoms with Crippen LogP contribution in [0.2, 0.25) is 0 Å². The molecule has 0 aliphatic rings. The summed E-state index contributed by atoms with van der Waals surface area (Å²) in [5, 5.41) is 15.3. The summed E-state index contributed by atoms with van der Waals surface area (Å²) >= 11 is 0. The van der Waals surface area contributed by atoms with Crippen molar-refractivity contribution in [3.05, 3.63) is 17.1 Å². The molecule has 0 atom stereocenters. The summed E-state index contributed by atoms with van der Waals surface area (Å²) in [6.45, 7) is 6.48. The first-order chi connectivity index (χ1) is 9.02. The van der Waals surface area contributed by atoms with Gasteiger partial charge in [-0.3, -0.25) is 0 Å². The standard InChI is InChI=1S/C12H19N5O2/c1-7(2)10-14-15-12(19-10)13-6-9-8(3)16-17(4)11(9)18-5/h7H,6H2,1-5H3,(H,13,15). The smallest absolute Gasteiger partial charge is 0.315 e. The molecule has 0 radical (unpaired) electrons. The first-order valence-corrected chi connectivity index (χ1v) is 6.16. The Bertz CT molecular complexity index is 558. The van der Waals surface area contributed by atoms with E-state index < -0.39 is 0 Å². The van der Waals surface area contributed by atoms with Crippen LogP contribution in [0, 0.1) is 6.92 Å². The molecule has 2 rings (SSSR count). The Kier molecular flexibility index (Phi) is 3.73. The first-order valence-electron chi connectivity index (χ1n) is 6.16. The Labute approximate surface area is 112 Å². The van der Waals surface area contributed by atoms with E-state index >= 15 is 0 Å². The maximum Gasteiger partial charge on any atom is 0.315 e. The highest BCUT2D eigenvalue weighted by atomic mass is 16.5. The van der Waals surface area contributed by atoms with Crippen molar-refractivity contribution in [2.24, 2.45) is 7.05 Å². The SMILES string of the molecule is COc1c(CNc2nnc(C(C)C)o2)c(C)nn1C. The van der Waals surface area contributed by atoms with Crippen molar-refractivity contribution in [1.82, 2.24) is 20.0 Å². The Morgan fingerprint density at radius 3 is 2.68 bits per heavy atom. The lowest BCUT2D eigenvalue weighted by molar-refractivity contribution is 0.369. The molecular weight excluding hydrogens is 246 g/mol. The second kappa shape index (κ2) is 5.29. The number of nitrogens with zero attached hydrogens (tertiary/aromatic N) is 4. The molecule has 0 amide bonds. The predicted octanol–water partition coefficient (Wildman–Crippen LogP) is 1.86. The first kappa shape index (κ1) is 13.4. The molecule has 0 fully saturated rings. The molecular formula is C12H19N5O2.